The molecule has 0 aromatic carbocycles. The molecule has 22 heavy (non-hydrogen) atoms. The van der Waals surface area contributed by atoms with Gasteiger partial charge in [-0.15, -0.1) is 6.58 Å². The number of fused-ring (bicyclic) bond motifs is 1. The van der Waals surface area contributed by atoms with E-state index in [1.54, 1.807) is 13.8 Å². The molecular formula is C15H21FO6. The second-order valence-corrected chi connectivity index (χ2v) is 6.50. The Morgan fingerprint density at radius 1 is 1.45 bits per heavy atom. The molecule has 0 saturated carbocycles. The number of halogens is 1. The summed E-state index contributed by atoms with van der Waals surface area (Å²) in [7, 11) is 0. The highest BCUT2D eigenvalue weighted by Crippen LogP contribution is 2.42. The molecule has 0 spiro atoms. The van der Waals surface area contributed by atoms with Crippen molar-refractivity contribution in [1.82, 2.24) is 0 Å². The molecule has 6 unspecified atom stereocenters. The largest absolute Gasteiger partial charge is 0.454 e. The van der Waals surface area contributed by atoms with Gasteiger partial charge in [-0.2, -0.15) is 0 Å². The second-order valence-electron chi connectivity index (χ2n) is 6.50. The predicted octanol–water partition coefficient (Wildman–Crippen LogP) is 1.48. The Labute approximate surface area is 128 Å². The second kappa shape index (κ2) is 5.26. The number of hydrogen-bond acceptors (Lipinski definition) is 6. The molecule has 6 atom stereocenters. The van der Waals surface area contributed by atoms with E-state index >= 15 is 0 Å². The summed E-state index contributed by atoms with van der Waals surface area (Å²) in [4.78, 5) is 12.1. The van der Waals surface area contributed by atoms with Crippen molar-refractivity contribution in [3.8, 4) is 0 Å². The fourth-order valence-corrected chi connectivity index (χ4v) is 2.78. The van der Waals surface area contributed by atoms with Gasteiger partial charge < -0.3 is 23.7 Å². The molecule has 0 aromatic heterocycles. The minimum absolute atomic E-state index is 0.124. The topological polar surface area (TPSA) is 66.5 Å². The maximum absolute atomic E-state index is 14.3. The van der Waals surface area contributed by atoms with Crippen LogP contribution in [-0.2, 0) is 28.5 Å². The van der Waals surface area contributed by atoms with E-state index in [0.29, 0.717) is 6.61 Å². The molecule has 3 aliphatic heterocycles. The average Bonchev–Trinajstić information content (AvgIpc) is 3.12. The van der Waals surface area contributed by atoms with E-state index < -0.39 is 42.0 Å². The van der Waals surface area contributed by atoms with E-state index in [9.17, 15) is 9.18 Å². The lowest BCUT2D eigenvalue weighted by atomic mass is 10.0. The van der Waals surface area contributed by atoms with Gasteiger partial charge in [-0.25, -0.2) is 9.18 Å². The van der Waals surface area contributed by atoms with Crippen molar-refractivity contribution in [2.24, 2.45) is 0 Å². The summed E-state index contributed by atoms with van der Waals surface area (Å²) >= 11 is 0. The normalized spacial score (nSPS) is 41.5. The average molecular weight is 316 g/mol. The van der Waals surface area contributed by atoms with Crippen LogP contribution in [0.5, 0.6) is 0 Å². The molecule has 3 saturated heterocycles. The third-order valence-corrected chi connectivity index (χ3v) is 3.95. The molecule has 3 rings (SSSR count). The maximum Gasteiger partial charge on any atom is 0.344 e. The summed E-state index contributed by atoms with van der Waals surface area (Å²) in [5.74, 6) is -1.80. The predicted molar refractivity (Wildman–Crippen MR) is 72.6 cm³/mol. The molecule has 0 aromatic rings. The number of allylic oxidation sites excluding steroid dienone is 1. The Kier molecular flexibility index (Phi) is 3.79. The monoisotopic (exact) mass is 316 g/mol. The maximum atomic E-state index is 14.3. The van der Waals surface area contributed by atoms with Gasteiger partial charge in [0.25, 0.3) is 0 Å². The van der Waals surface area contributed by atoms with Crippen molar-refractivity contribution in [1.29, 1.82) is 0 Å². The molecule has 0 radical (unpaired) electrons. The number of carbonyl (C=O) groups excluding carboxylic acids is 1. The number of ether oxygens (including phenoxy) is 5. The van der Waals surface area contributed by atoms with Gasteiger partial charge in [-0.3, -0.25) is 0 Å². The fraction of sp³-hybridized carbons (Fsp3) is 0.800. The van der Waals surface area contributed by atoms with E-state index in [-0.39, 0.29) is 12.5 Å². The Hall–Kier alpha value is -1.02. The standard InChI is InChI=1S/C15H21FO6/c1-5-6-15(4,16)13(17)20-10-9(8-7-18-8)19-12-11(10)21-14(2,3)22-12/h5,8-12H,1,6-7H2,2-4H3. The third kappa shape index (κ3) is 2.90. The van der Waals surface area contributed by atoms with Crippen molar-refractivity contribution < 1.29 is 32.9 Å². The van der Waals surface area contributed by atoms with Gasteiger partial charge in [0.05, 0.1) is 6.61 Å². The first-order valence-electron chi connectivity index (χ1n) is 7.37. The van der Waals surface area contributed by atoms with Gasteiger partial charge in [0.2, 0.25) is 5.67 Å². The summed E-state index contributed by atoms with van der Waals surface area (Å²) in [5.41, 5.74) is -2.14. The third-order valence-electron chi connectivity index (χ3n) is 3.95. The van der Waals surface area contributed by atoms with E-state index in [1.165, 1.54) is 13.0 Å². The van der Waals surface area contributed by atoms with Crippen LogP contribution in [0, 0.1) is 0 Å². The Morgan fingerprint density at radius 3 is 2.73 bits per heavy atom. The first kappa shape index (κ1) is 15.9. The van der Waals surface area contributed by atoms with Crippen molar-refractivity contribution in [2.75, 3.05) is 6.61 Å². The first-order valence-corrected chi connectivity index (χ1v) is 7.37. The molecule has 3 fully saturated rings. The quantitative estimate of drug-likeness (QED) is 0.435. The summed E-state index contributed by atoms with van der Waals surface area (Å²) in [6.45, 7) is 8.62. The number of epoxide rings is 1. The Morgan fingerprint density at radius 2 is 2.14 bits per heavy atom. The van der Waals surface area contributed by atoms with Crippen LogP contribution in [0.15, 0.2) is 12.7 Å². The van der Waals surface area contributed by atoms with Crippen LogP contribution in [0.2, 0.25) is 0 Å². The number of hydrogen-bond donors (Lipinski definition) is 0. The highest BCUT2D eigenvalue weighted by molar-refractivity contribution is 5.79. The van der Waals surface area contributed by atoms with E-state index in [0.717, 1.165) is 0 Å². The van der Waals surface area contributed by atoms with Crippen molar-refractivity contribution in [3.63, 3.8) is 0 Å². The van der Waals surface area contributed by atoms with Gasteiger partial charge >= 0.3 is 5.97 Å². The van der Waals surface area contributed by atoms with Crippen molar-refractivity contribution in [3.05, 3.63) is 12.7 Å². The van der Waals surface area contributed by atoms with Crippen LogP contribution >= 0.6 is 0 Å². The lowest BCUT2D eigenvalue weighted by Gasteiger charge is -2.27. The number of esters is 1. The Bertz CT molecular complexity index is 473. The zero-order valence-corrected chi connectivity index (χ0v) is 12.9. The minimum atomic E-state index is -2.14. The van der Waals surface area contributed by atoms with Crippen LogP contribution in [-0.4, -0.2) is 54.7 Å². The summed E-state index contributed by atoms with van der Waals surface area (Å²) in [5, 5.41) is 0. The number of alkyl halides is 1. The van der Waals surface area contributed by atoms with Gasteiger partial charge in [-0.1, -0.05) is 6.08 Å². The Balaban J connectivity index is 1.74. The summed E-state index contributed by atoms with van der Waals surface area (Å²) < 4.78 is 42.0. The van der Waals surface area contributed by atoms with E-state index in [4.69, 9.17) is 23.7 Å². The van der Waals surface area contributed by atoms with Gasteiger partial charge in [0.15, 0.2) is 24.3 Å². The number of carbonyl (C=O) groups is 1. The van der Waals surface area contributed by atoms with Crippen molar-refractivity contribution >= 4 is 5.97 Å². The van der Waals surface area contributed by atoms with E-state index in [2.05, 4.69) is 6.58 Å². The highest BCUT2D eigenvalue weighted by Gasteiger charge is 2.61. The van der Waals surface area contributed by atoms with E-state index in [1.807, 2.05) is 0 Å². The SMILES string of the molecule is C=CCC(C)(F)C(=O)OC1C(C2CO2)OC2OC(C)(C)OC21. The fourth-order valence-electron chi connectivity index (χ4n) is 2.78. The molecule has 6 nitrogen and oxygen atoms in total. The molecule has 0 bridgehead atoms. The molecule has 0 amide bonds. The molecule has 7 heteroatoms. The first-order chi connectivity index (χ1) is 10.2. The smallest absolute Gasteiger partial charge is 0.344 e. The van der Waals surface area contributed by atoms with Crippen LogP contribution in [0.1, 0.15) is 27.2 Å². The van der Waals surface area contributed by atoms with Crippen LogP contribution in [0.4, 0.5) is 4.39 Å². The number of rotatable bonds is 5. The van der Waals surface area contributed by atoms with Gasteiger partial charge in [0.1, 0.15) is 12.2 Å². The van der Waals surface area contributed by atoms with Gasteiger partial charge in [-0.05, 0) is 20.8 Å². The highest BCUT2D eigenvalue weighted by atomic mass is 19.1. The van der Waals surface area contributed by atoms with Gasteiger partial charge in [0, 0.05) is 6.42 Å². The lowest BCUT2D eigenvalue weighted by Crippen LogP contribution is -2.44. The summed E-state index contributed by atoms with van der Waals surface area (Å²) in [6.07, 6.45) is -1.46. The molecule has 0 N–H and O–H groups in total. The van der Waals surface area contributed by atoms with Crippen LogP contribution < -0.4 is 0 Å². The van der Waals surface area contributed by atoms with Crippen LogP contribution in [0.25, 0.3) is 0 Å². The summed E-state index contributed by atoms with van der Waals surface area (Å²) in [6, 6.07) is 0. The van der Waals surface area contributed by atoms with Crippen molar-refractivity contribution in [2.45, 2.75) is 69.4 Å². The molecule has 3 aliphatic rings. The minimum Gasteiger partial charge on any atom is -0.454 e. The molecular weight excluding hydrogens is 295 g/mol. The lowest BCUT2D eigenvalue weighted by molar-refractivity contribution is -0.222. The zero-order chi connectivity index (χ0) is 16.1. The zero-order valence-electron chi connectivity index (χ0n) is 12.9. The molecule has 0 aliphatic carbocycles. The van der Waals surface area contributed by atoms with Crippen LogP contribution in [0.3, 0.4) is 0 Å². The molecule has 124 valence electrons. The molecule has 3 heterocycles.